The van der Waals surface area contributed by atoms with Gasteiger partial charge in [0, 0.05) is 30.6 Å². The zero-order valence-electron chi connectivity index (χ0n) is 19.4. The largest absolute Gasteiger partial charge is 0.460 e. The van der Waals surface area contributed by atoms with Crippen molar-refractivity contribution in [3.63, 3.8) is 0 Å². The van der Waals surface area contributed by atoms with Crippen molar-refractivity contribution in [2.75, 3.05) is 23.7 Å². The van der Waals surface area contributed by atoms with Crippen molar-refractivity contribution in [3.05, 3.63) is 35.6 Å². The number of hydrogen-bond acceptors (Lipinski definition) is 9. The van der Waals surface area contributed by atoms with Crippen LogP contribution in [0.4, 0.5) is 11.6 Å². The number of nitrogens with two attached hydrogens (primary N) is 1. The molecule has 3 aliphatic rings. The van der Waals surface area contributed by atoms with Crippen molar-refractivity contribution in [1.82, 2.24) is 19.9 Å². The Morgan fingerprint density at radius 2 is 1.97 bits per heavy atom. The number of pyridine rings is 2. The van der Waals surface area contributed by atoms with E-state index in [0.29, 0.717) is 40.7 Å². The fraction of sp³-hybridized carbons (Fsp3) is 0.458. The third kappa shape index (κ3) is 4.77. The molecule has 3 atom stereocenters. The lowest BCUT2D eigenvalue weighted by atomic mass is 9.60. The van der Waals surface area contributed by atoms with Crippen LogP contribution in [0.15, 0.2) is 40.5 Å². The molecule has 1 unspecified atom stereocenters. The zero-order chi connectivity index (χ0) is 24.0. The Morgan fingerprint density at radius 1 is 1.21 bits per heavy atom. The maximum absolute atomic E-state index is 12.3. The van der Waals surface area contributed by atoms with Gasteiger partial charge in [-0.05, 0) is 63.1 Å². The monoisotopic (exact) mass is 498 g/mol. The second-order valence-electron chi connectivity index (χ2n) is 9.95. The molecule has 2 bridgehead atoms. The second kappa shape index (κ2) is 8.85. The van der Waals surface area contributed by atoms with E-state index in [1.54, 1.807) is 12.4 Å². The van der Waals surface area contributed by atoms with Gasteiger partial charge in [-0.3, -0.25) is 4.79 Å². The van der Waals surface area contributed by atoms with Crippen molar-refractivity contribution in [3.8, 4) is 0 Å². The molecule has 2 aliphatic heterocycles. The summed E-state index contributed by atoms with van der Waals surface area (Å²) in [6.45, 7) is 7.49. The average Bonchev–Trinajstić information content (AvgIpc) is 2.79. The maximum atomic E-state index is 12.3. The number of esters is 1. The molecule has 3 aromatic rings. The highest BCUT2D eigenvalue weighted by Crippen LogP contribution is 2.48. The van der Waals surface area contributed by atoms with E-state index in [9.17, 15) is 4.79 Å². The summed E-state index contributed by atoms with van der Waals surface area (Å²) in [6, 6.07) is 5.64. The lowest BCUT2D eigenvalue weighted by Crippen LogP contribution is -2.56. The van der Waals surface area contributed by atoms with Crippen LogP contribution in [0.1, 0.15) is 33.6 Å². The number of anilines is 2. The first-order valence-corrected chi connectivity index (χ1v) is 12.5. The summed E-state index contributed by atoms with van der Waals surface area (Å²) in [5.41, 5.74) is 6.68. The summed E-state index contributed by atoms with van der Waals surface area (Å²) in [4.78, 5) is 33.4. The third-order valence-corrected chi connectivity index (χ3v) is 7.84. The molecule has 0 amide bonds. The number of carbonyl (C=O) groups is 1. The van der Waals surface area contributed by atoms with Gasteiger partial charge >= 0.3 is 5.97 Å². The molecule has 0 radical (unpaired) electrons. The molecule has 1 aliphatic carbocycles. The number of nitrogen functional groups attached to an aromatic ring is 1. The molecule has 1 saturated carbocycles. The number of rotatable bonds is 5. The van der Waals surface area contributed by atoms with Crippen molar-refractivity contribution < 1.29 is 9.53 Å². The molecule has 34 heavy (non-hydrogen) atoms. The van der Waals surface area contributed by atoms with E-state index in [2.05, 4.69) is 19.9 Å². The van der Waals surface area contributed by atoms with Gasteiger partial charge in [-0.1, -0.05) is 23.4 Å². The maximum Gasteiger partial charge on any atom is 0.306 e. The Bertz CT molecular complexity index is 1240. The molecule has 8 nitrogen and oxygen atoms in total. The third-order valence-electron chi connectivity index (χ3n) is 6.33. The van der Waals surface area contributed by atoms with E-state index >= 15 is 0 Å². The van der Waals surface area contributed by atoms with Crippen LogP contribution in [-0.4, -0.2) is 44.6 Å². The van der Waals surface area contributed by atoms with Crippen molar-refractivity contribution in [2.24, 2.45) is 17.8 Å². The van der Waals surface area contributed by atoms with Crippen LogP contribution < -0.4 is 10.6 Å². The van der Waals surface area contributed by atoms with Gasteiger partial charge in [0.25, 0.3) is 0 Å². The lowest BCUT2D eigenvalue weighted by molar-refractivity contribution is -0.159. The predicted molar refractivity (Wildman–Crippen MR) is 133 cm³/mol. The van der Waals surface area contributed by atoms with E-state index in [1.807, 2.05) is 39.0 Å². The Hall–Kier alpha value is -2.65. The number of halogens is 1. The molecular formula is C24H27ClN6O2S. The van der Waals surface area contributed by atoms with E-state index in [0.717, 1.165) is 40.8 Å². The quantitative estimate of drug-likeness (QED) is 0.504. The standard InChI is InChI=1S/C24H27ClN6O2S/c1-24(2,3)33-20(32)9-15-13-8-14(15)12-31(11-13)18-10-28-23-16(29-18)4-5-19(30-23)34-17-6-7-27-22(26)21(17)25/h4-7,10,13-15H,8-9,11-12H2,1-3H3,(H2,26,27)/t13-,14+,15?. The highest BCUT2D eigenvalue weighted by molar-refractivity contribution is 7.99. The Morgan fingerprint density at radius 3 is 2.71 bits per heavy atom. The summed E-state index contributed by atoms with van der Waals surface area (Å²) >= 11 is 7.67. The first-order valence-electron chi connectivity index (χ1n) is 11.3. The molecule has 3 aromatic heterocycles. The molecular weight excluding hydrogens is 472 g/mol. The molecule has 0 aromatic carbocycles. The fourth-order valence-corrected chi connectivity index (χ4v) is 5.85. The van der Waals surface area contributed by atoms with Crippen molar-refractivity contribution >= 4 is 52.1 Å². The van der Waals surface area contributed by atoms with Gasteiger partial charge in [0.1, 0.15) is 27.8 Å². The van der Waals surface area contributed by atoms with Gasteiger partial charge < -0.3 is 15.4 Å². The van der Waals surface area contributed by atoms with Crippen LogP contribution in [0.5, 0.6) is 0 Å². The second-order valence-corrected chi connectivity index (χ2v) is 11.4. The summed E-state index contributed by atoms with van der Waals surface area (Å²) in [5, 5.41) is 1.18. The molecule has 6 rings (SSSR count). The number of piperidine rings is 2. The molecule has 178 valence electrons. The van der Waals surface area contributed by atoms with Crippen LogP contribution in [0.25, 0.3) is 11.2 Å². The van der Waals surface area contributed by atoms with Gasteiger partial charge in [-0.25, -0.2) is 19.9 Å². The number of hydrogen-bond donors (Lipinski definition) is 1. The molecule has 0 spiro atoms. The number of ether oxygens (including phenoxy) is 1. The van der Waals surface area contributed by atoms with Gasteiger partial charge in [0.05, 0.1) is 11.2 Å². The van der Waals surface area contributed by atoms with E-state index in [4.69, 9.17) is 27.1 Å². The van der Waals surface area contributed by atoms with E-state index < -0.39 is 5.60 Å². The predicted octanol–water partition coefficient (Wildman–Crippen LogP) is 4.61. The molecule has 2 saturated heterocycles. The average molecular weight is 499 g/mol. The Kier molecular flexibility index (Phi) is 6.02. The minimum absolute atomic E-state index is 0.0957. The van der Waals surface area contributed by atoms with Crippen LogP contribution >= 0.6 is 23.4 Å². The minimum Gasteiger partial charge on any atom is -0.460 e. The Balaban J connectivity index is 1.25. The molecule has 3 fully saturated rings. The minimum atomic E-state index is -0.438. The van der Waals surface area contributed by atoms with E-state index in [1.165, 1.54) is 11.8 Å². The van der Waals surface area contributed by atoms with Crippen LogP contribution in [-0.2, 0) is 9.53 Å². The number of aromatic nitrogens is 4. The zero-order valence-corrected chi connectivity index (χ0v) is 20.9. The topological polar surface area (TPSA) is 107 Å². The van der Waals surface area contributed by atoms with Gasteiger partial charge in [0.2, 0.25) is 0 Å². The van der Waals surface area contributed by atoms with Crippen molar-refractivity contribution in [2.45, 2.75) is 49.1 Å². The molecule has 5 heterocycles. The van der Waals surface area contributed by atoms with Crippen molar-refractivity contribution in [1.29, 1.82) is 0 Å². The van der Waals surface area contributed by atoms with Gasteiger partial charge in [-0.15, -0.1) is 0 Å². The van der Waals surface area contributed by atoms with E-state index in [-0.39, 0.29) is 5.97 Å². The highest BCUT2D eigenvalue weighted by atomic mass is 35.5. The normalized spacial score (nSPS) is 21.9. The first-order chi connectivity index (χ1) is 16.2. The van der Waals surface area contributed by atoms with Crippen LogP contribution in [0.2, 0.25) is 5.02 Å². The number of fused-ring (bicyclic) bond motifs is 3. The van der Waals surface area contributed by atoms with Gasteiger partial charge in [-0.2, -0.15) is 0 Å². The van der Waals surface area contributed by atoms with Crippen LogP contribution in [0.3, 0.4) is 0 Å². The summed E-state index contributed by atoms with van der Waals surface area (Å²) in [5.74, 6) is 2.42. The summed E-state index contributed by atoms with van der Waals surface area (Å²) in [6.07, 6.45) is 5.07. The lowest BCUT2D eigenvalue weighted by Gasteiger charge is -2.53. The van der Waals surface area contributed by atoms with Gasteiger partial charge in [0.15, 0.2) is 5.65 Å². The number of nitrogens with zero attached hydrogens (tertiary/aromatic N) is 5. The Labute approximate surface area is 207 Å². The summed E-state index contributed by atoms with van der Waals surface area (Å²) < 4.78 is 5.53. The smallest absolute Gasteiger partial charge is 0.306 e. The van der Waals surface area contributed by atoms with Crippen LogP contribution in [0, 0.1) is 17.8 Å². The highest BCUT2D eigenvalue weighted by Gasteiger charge is 2.48. The fourth-order valence-electron chi connectivity index (χ4n) is 4.80. The molecule has 2 N–H and O–H groups in total. The summed E-state index contributed by atoms with van der Waals surface area (Å²) in [7, 11) is 0. The molecule has 10 heteroatoms. The first kappa shape index (κ1) is 23.1. The SMILES string of the molecule is CC(C)(C)OC(=O)CC1[C@@H]2C[C@H]1CN(c1cnc3nc(Sc4ccnc(N)c4Cl)ccc3n1)C2. The number of carbonyl (C=O) groups excluding carboxylic acids is 1.